The number of fused-ring (bicyclic) bond motifs is 1. The molecule has 0 aromatic carbocycles. The predicted octanol–water partition coefficient (Wildman–Crippen LogP) is 1.88. The van der Waals surface area contributed by atoms with Crippen molar-refractivity contribution >= 4 is 22.6 Å². The molecule has 0 fully saturated rings. The first-order chi connectivity index (χ1) is 5.83. The molecule has 0 amide bonds. The minimum Gasteiger partial charge on any atom is -0.479 e. The molecule has 0 aliphatic rings. The van der Waals surface area contributed by atoms with E-state index in [1.54, 1.807) is 6.07 Å². The van der Waals surface area contributed by atoms with Gasteiger partial charge >= 0.3 is 0 Å². The molecule has 2 aromatic heterocycles. The Morgan fingerprint density at radius 1 is 1.50 bits per heavy atom. The van der Waals surface area contributed by atoms with E-state index in [1.165, 1.54) is 13.4 Å². The number of hydrogen-bond donors (Lipinski definition) is 0. The van der Waals surface area contributed by atoms with Crippen molar-refractivity contribution in [1.29, 1.82) is 0 Å². The van der Waals surface area contributed by atoms with Gasteiger partial charge in [-0.05, 0) is 6.07 Å². The monoisotopic (exact) mass is 184 g/mol. The van der Waals surface area contributed by atoms with Gasteiger partial charge in [-0.3, -0.25) is 0 Å². The summed E-state index contributed by atoms with van der Waals surface area (Å²) in [7, 11) is 1.52. The fraction of sp³-hybridized carbons (Fsp3) is 0.143. The summed E-state index contributed by atoms with van der Waals surface area (Å²) in [6.45, 7) is 0. The van der Waals surface area contributed by atoms with E-state index in [0.717, 1.165) is 5.39 Å². The maximum absolute atomic E-state index is 5.70. The van der Waals surface area contributed by atoms with Crippen LogP contribution in [-0.4, -0.2) is 17.3 Å². The third-order valence-corrected chi connectivity index (χ3v) is 1.75. The standard InChI is InChI=1S/C7H5ClN2O2/c1-11-7-4-2-3-12-5(4)6(8)9-10-7/h2-3H,1H3. The zero-order valence-electron chi connectivity index (χ0n) is 6.24. The second kappa shape index (κ2) is 2.64. The molecule has 12 heavy (non-hydrogen) atoms. The Bertz CT molecular complexity index is 413. The topological polar surface area (TPSA) is 48.2 Å². The van der Waals surface area contributed by atoms with Gasteiger partial charge in [0.25, 0.3) is 0 Å². The first-order valence-electron chi connectivity index (χ1n) is 3.26. The van der Waals surface area contributed by atoms with Crippen LogP contribution < -0.4 is 4.74 Å². The molecule has 62 valence electrons. The number of nitrogens with zero attached hydrogens (tertiary/aromatic N) is 2. The van der Waals surface area contributed by atoms with E-state index in [0.29, 0.717) is 11.5 Å². The molecule has 0 saturated carbocycles. The smallest absolute Gasteiger partial charge is 0.244 e. The van der Waals surface area contributed by atoms with E-state index in [-0.39, 0.29) is 5.15 Å². The lowest BCUT2D eigenvalue weighted by Crippen LogP contribution is -1.90. The summed E-state index contributed by atoms with van der Waals surface area (Å²) in [5.74, 6) is 0.420. The lowest BCUT2D eigenvalue weighted by molar-refractivity contribution is 0.397. The average Bonchev–Trinajstić information content (AvgIpc) is 2.54. The normalized spacial score (nSPS) is 10.5. The van der Waals surface area contributed by atoms with E-state index in [2.05, 4.69) is 10.2 Å². The fourth-order valence-corrected chi connectivity index (χ4v) is 1.16. The van der Waals surface area contributed by atoms with Gasteiger partial charge < -0.3 is 9.15 Å². The molecule has 2 heterocycles. The molecular weight excluding hydrogens is 180 g/mol. The molecular formula is C7H5ClN2O2. The van der Waals surface area contributed by atoms with E-state index in [1.807, 2.05) is 0 Å². The van der Waals surface area contributed by atoms with Crippen molar-refractivity contribution in [2.75, 3.05) is 7.11 Å². The van der Waals surface area contributed by atoms with Crippen LogP contribution in [0, 0.1) is 0 Å². The number of ether oxygens (including phenoxy) is 1. The summed E-state index contributed by atoms with van der Waals surface area (Å²) in [4.78, 5) is 0. The Morgan fingerprint density at radius 2 is 2.33 bits per heavy atom. The SMILES string of the molecule is COc1nnc(Cl)c2occc12. The summed E-state index contributed by atoms with van der Waals surface area (Å²) in [6, 6.07) is 1.73. The molecule has 0 unspecified atom stereocenters. The number of hydrogen-bond acceptors (Lipinski definition) is 4. The quantitative estimate of drug-likeness (QED) is 0.679. The molecule has 0 saturated heterocycles. The first-order valence-corrected chi connectivity index (χ1v) is 3.64. The summed E-state index contributed by atoms with van der Waals surface area (Å²) in [5, 5.41) is 8.36. The summed E-state index contributed by atoms with van der Waals surface area (Å²) < 4.78 is 10.0. The molecule has 0 atom stereocenters. The van der Waals surface area contributed by atoms with E-state index in [9.17, 15) is 0 Å². The van der Waals surface area contributed by atoms with Gasteiger partial charge in [-0.15, -0.1) is 10.2 Å². The minimum absolute atomic E-state index is 0.246. The number of furan rings is 1. The van der Waals surface area contributed by atoms with Crippen LogP contribution in [0.15, 0.2) is 16.7 Å². The maximum atomic E-state index is 5.70. The first kappa shape index (κ1) is 7.36. The second-order valence-electron chi connectivity index (χ2n) is 2.16. The zero-order valence-corrected chi connectivity index (χ0v) is 7.00. The molecule has 0 N–H and O–H groups in total. The third kappa shape index (κ3) is 0.921. The molecule has 0 aliphatic carbocycles. The van der Waals surface area contributed by atoms with Crippen LogP contribution in [0.2, 0.25) is 5.15 Å². The maximum Gasteiger partial charge on any atom is 0.244 e. The van der Waals surface area contributed by atoms with Gasteiger partial charge in [0.1, 0.15) is 0 Å². The molecule has 0 bridgehead atoms. The van der Waals surface area contributed by atoms with E-state index < -0.39 is 0 Å². The third-order valence-electron chi connectivity index (χ3n) is 1.50. The molecule has 0 spiro atoms. The zero-order chi connectivity index (χ0) is 8.55. The fourth-order valence-electron chi connectivity index (χ4n) is 0.977. The van der Waals surface area contributed by atoms with Crippen LogP contribution in [0.1, 0.15) is 0 Å². The lowest BCUT2D eigenvalue weighted by atomic mass is 10.4. The number of methoxy groups -OCH3 is 1. The molecule has 0 radical (unpaired) electrons. The molecule has 0 aliphatic heterocycles. The number of rotatable bonds is 1. The molecule has 2 aromatic rings. The average molecular weight is 185 g/mol. The van der Waals surface area contributed by atoms with E-state index in [4.69, 9.17) is 20.8 Å². The number of aromatic nitrogens is 2. The predicted molar refractivity (Wildman–Crippen MR) is 43.4 cm³/mol. The van der Waals surface area contributed by atoms with E-state index >= 15 is 0 Å². The van der Waals surface area contributed by atoms with Crippen molar-refractivity contribution in [3.8, 4) is 5.88 Å². The van der Waals surface area contributed by atoms with Crippen LogP contribution in [0.25, 0.3) is 11.0 Å². The van der Waals surface area contributed by atoms with Gasteiger partial charge in [0.15, 0.2) is 10.7 Å². The van der Waals surface area contributed by atoms with Crippen molar-refractivity contribution in [2.24, 2.45) is 0 Å². The summed E-state index contributed by atoms with van der Waals surface area (Å²) in [5.41, 5.74) is 0.503. The van der Waals surface area contributed by atoms with Gasteiger partial charge in [0.2, 0.25) is 5.88 Å². The minimum atomic E-state index is 0.246. The van der Waals surface area contributed by atoms with Gasteiger partial charge in [-0.1, -0.05) is 11.6 Å². The highest BCUT2D eigenvalue weighted by Gasteiger charge is 2.09. The molecule has 5 heteroatoms. The van der Waals surface area contributed by atoms with Crippen molar-refractivity contribution in [1.82, 2.24) is 10.2 Å². The van der Waals surface area contributed by atoms with Gasteiger partial charge in [-0.25, -0.2) is 0 Å². The Balaban J connectivity index is 2.82. The second-order valence-corrected chi connectivity index (χ2v) is 2.52. The van der Waals surface area contributed by atoms with Crippen molar-refractivity contribution in [2.45, 2.75) is 0 Å². The highest BCUT2D eigenvalue weighted by atomic mass is 35.5. The highest BCUT2D eigenvalue weighted by Crippen LogP contribution is 2.27. The van der Waals surface area contributed by atoms with Crippen LogP contribution in [0.5, 0.6) is 5.88 Å². The van der Waals surface area contributed by atoms with Gasteiger partial charge in [0, 0.05) is 0 Å². The summed E-state index contributed by atoms with van der Waals surface area (Å²) in [6.07, 6.45) is 1.52. The Kier molecular flexibility index (Phi) is 1.62. The van der Waals surface area contributed by atoms with Crippen LogP contribution in [0.4, 0.5) is 0 Å². The van der Waals surface area contributed by atoms with Crippen molar-refractivity contribution in [3.63, 3.8) is 0 Å². The van der Waals surface area contributed by atoms with Gasteiger partial charge in [-0.2, -0.15) is 0 Å². The van der Waals surface area contributed by atoms with Crippen molar-refractivity contribution < 1.29 is 9.15 Å². The molecule has 4 nitrogen and oxygen atoms in total. The van der Waals surface area contributed by atoms with Gasteiger partial charge in [0.05, 0.1) is 18.8 Å². The Hall–Kier alpha value is -1.29. The highest BCUT2D eigenvalue weighted by molar-refractivity contribution is 6.33. The Morgan fingerprint density at radius 3 is 3.08 bits per heavy atom. The Labute approximate surface area is 73.1 Å². The molecule has 2 rings (SSSR count). The number of halogens is 1. The summed E-state index contributed by atoms with van der Waals surface area (Å²) >= 11 is 5.70. The largest absolute Gasteiger partial charge is 0.479 e. The van der Waals surface area contributed by atoms with Crippen LogP contribution in [-0.2, 0) is 0 Å². The van der Waals surface area contributed by atoms with Crippen LogP contribution >= 0.6 is 11.6 Å². The van der Waals surface area contributed by atoms with Crippen molar-refractivity contribution in [3.05, 3.63) is 17.5 Å². The lowest BCUT2D eigenvalue weighted by Gasteiger charge is -1.97. The van der Waals surface area contributed by atoms with Crippen LogP contribution in [0.3, 0.4) is 0 Å².